The number of nitrogens with one attached hydrogen (secondary N) is 1. The molecule has 0 bridgehead atoms. The molecule has 1 N–H and O–H groups in total. The zero-order chi connectivity index (χ0) is 22.9. The van der Waals surface area contributed by atoms with Crippen molar-refractivity contribution < 1.29 is 13.2 Å². The first kappa shape index (κ1) is 22.4. The minimum Gasteiger partial charge on any atom is -0.296 e. The molecule has 0 saturated heterocycles. The van der Waals surface area contributed by atoms with E-state index in [1.807, 2.05) is 31.2 Å². The van der Waals surface area contributed by atoms with Gasteiger partial charge in [-0.3, -0.25) is 14.4 Å². The fraction of sp³-hybridized carbons (Fsp3) is 0.348. The molecule has 0 spiro atoms. The topological polar surface area (TPSA) is 92.3 Å². The van der Waals surface area contributed by atoms with Gasteiger partial charge in [0.15, 0.2) is 0 Å². The van der Waals surface area contributed by atoms with Crippen molar-refractivity contribution in [3.05, 3.63) is 64.7 Å². The molecule has 2 heterocycles. The maximum atomic E-state index is 13.5. The second-order valence-electron chi connectivity index (χ2n) is 7.92. The summed E-state index contributed by atoms with van der Waals surface area (Å²) in [5.74, 6) is -0.0962. The van der Waals surface area contributed by atoms with Crippen LogP contribution in [0.1, 0.15) is 60.5 Å². The minimum absolute atomic E-state index is 0.0867. The number of para-hydroxylation sites is 1. The molecule has 4 rings (SSSR count). The molecule has 1 atom stereocenters. The first-order valence-electron chi connectivity index (χ1n) is 10.7. The van der Waals surface area contributed by atoms with Crippen LogP contribution in [0.3, 0.4) is 0 Å². The molecule has 3 aromatic rings. The van der Waals surface area contributed by atoms with E-state index in [2.05, 4.69) is 29.4 Å². The summed E-state index contributed by atoms with van der Waals surface area (Å²) in [4.78, 5) is 12.9. The summed E-state index contributed by atoms with van der Waals surface area (Å²) < 4.78 is 28.4. The number of anilines is 2. The molecule has 7 nitrogen and oxygen atoms in total. The lowest BCUT2D eigenvalue weighted by molar-refractivity contribution is 0.102. The summed E-state index contributed by atoms with van der Waals surface area (Å²) in [7, 11) is -3.82. The molecular weight excluding hydrogens is 444 g/mol. The largest absolute Gasteiger partial charge is 0.296 e. The summed E-state index contributed by atoms with van der Waals surface area (Å²) in [5.41, 5.74) is 1.95. The summed E-state index contributed by atoms with van der Waals surface area (Å²) in [6.07, 6.45) is 2.57. The number of hydrogen-bond acceptors (Lipinski definition) is 6. The number of amides is 1. The van der Waals surface area contributed by atoms with E-state index in [4.69, 9.17) is 0 Å². The van der Waals surface area contributed by atoms with Gasteiger partial charge in [-0.2, -0.15) is 0 Å². The summed E-state index contributed by atoms with van der Waals surface area (Å²) in [6.45, 7) is 6.08. The van der Waals surface area contributed by atoms with Crippen molar-refractivity contribution in [1.29, 1.82) is 0 Å². The van der Waals surface area contributed by atoms with Crippen molar-refractivity contribution in [2.45, 2.75) is 56.9 Å². The number of sulfonamides is 1. The third kappa shape index (κ3) is 4.14. The zero-order valence-electron chi connectivity index (χ0n) is 18.3. The highest BCUT2D eigenvalue weighted by Crippen LogP contribution is 2.36. The van der Waals surface area contributed by atoms with E-state index in [-0.39, 0.29) is 16.5 Å². The molecular formula is C23H26N4O3S2. The molecule has 0 radical (unpaired) electrons. The molecule has 1 aliphatic rings. The number of carbonyl (C=O) groups excluding carboxylic acids is 1. The van der Waals surface area contributed by atoms with Gasteiger partial charge in [0, 0.05) is 17.5 Å². The zero-order valence-corrected chi connectivity index (χ0v) is 19.9. The molecule has 0 saturated carbocycles. The predicted octanol–water partition coefficient (Wildman–Crippen LogP) is 4.83. The summed E-state index contributed by atoms with van der Waals surface area (Å²) in [5, 5.41) is 12.3. The van der Waals surface area contributed by atoms with Gasteiger partial charge in [0.2, 0.25) is 5.13 Å². The predicted molar refractivity (Wildman–Crippen MR) is 127 cm³/mol. The quantitative estimate of drug-likeness (QED) is 0.534. The Balaban J connectivity index is 1.58. The van der Waals surface area contributed by atoms with Gasteiger partial charge >= 0.3 is 0 Å². The van der Waals surface area contributed by atoms with Crippen molar-refractivity contribution >= 4 is 38.1 Å². The van der Waals surface area contributed by atoms with E-state index in [1.165, 1.54) is 27.8 Å². The van der Waals surface area contributed by atoms with Crippen LogP contribution in [-0.4, -0.2) is 30.6 Å². The Labute approximate surface area is 192 Å². The Hall–Kier alpha value is -2.78. The van der Waals surface area contributed by atoms with Crippen LogP contribution in [0.4, 0.5) is 10.8 Å². The van der Waals surface area contributed by atoms with E-state index in [1.54, 1.807) is 12.1 Å². The van der Waals surface area contributed by atoms with Gasteiger partial charge in [-0.05, 0) is 56.0 Å². The lowest BCUT2D eigenvalue weighted by atomic mass is 10.1. The van der Waals surface area contributed by atoms with Gasteiger partial charge in [0.25, 0.3) is 15.9 Å². The molecule has 1 aliphatic heterocycles. The van der Waals surface area contributed by atoms with E-state index >= 15 is 0 Å². The van der Waals surface area contributed by atoms with E-state index in [0.29, 0.717) is 23.2 Å². The third-order valence-electron chi connectivity index (χ3n) is 5.79. The van der Waals surface area contributed by atoms with E-state index in [9.17, 15) is 13.2 Å². The number of fused-ring (bicyclic) bond motifs is 1. The van der Waals surface area contributed by atoms with Crippen LogP contribution in [-0.2, 0) is 16.4 Å². The van der Waals surface area contributed by atoms with Crippen molar-refractivity contribution in [3.8, 4) is 0 Å². The molecule has 32 heavy (non-hydrogen) atoms. The SMILES string of the molecule is CCC(CC)c1nnc(NC(=O)c2cccc(S(=O)(=O)N3c4ccccc4CC3C)c2)s1. The number of hydrogen-bond donors (Lipinski definition) is 1. The average Bonchev–Trinajstić information content (AvgIpc) is 3.38. The van der Waals surface area contributed by atoms with Gasteiger partial charge in [-0.25, -0.2) is 8.42 Å². The van der Waals surface area contributed by atoms with E-state index in [0.717, 1.165) is 23.4 Å². The molecule has 1 aromatic heterocycles. The highest BCUT2D eigenvalue weighted by Gasteiger charge is 2.36. The Kier molecular flexibility index (Phi) is 6.30. The Morgan fingerprint density at radius 1 is 1.16 bits per heavy atom. The van der Waals surface area contributed by atoms with Crippen LogP contribution < -0.4 is 9.62 Å². The fourth-order valence-electron chi connectivity index (χ4n) is 4.07. The van der Waals surface area contributed by atoms with Crippen molar-refractivity contribution in [3.63, 3.8) is 0 Å². The number of benzene rings is 2. The lowest BCUT2D eigenvalue weighted by Crippen LogP contribution is -2.35. The first-order chi connectivity index (χ1) is 15.3. The maximum absolute atomic E-state index is 13.5. The number of carbonyl (C=O) groups is 1. The summed E-state index contributed by atoms with van der Waals surface area (Å²) in [6, 6.07) is 13.4. The molecule has 1 unspecified atom stereocenters. The standard InChI is InChI=1S/C23H26N4O3S2/c1-4-16(5-2)22-25-26-23(31-22)24-21(28)18-10-8-11-19(14-18)32(29,30)27-15(3)13-17-9-6-7-12-20(17)27/h6-12,14-16H,4-5,13H2,1-3H3,(H,24,26,28). The van der Waals surface area contributed by atoms with Gasteiger partial charge in [0.1, 0.15) is 5.01 Å². The van der Waals surface area contributed by atoms with Crippen molar-refractivity contribution in [2.75, 3.05) is 9.62 Å². The Bertz CT molecular complexity index is 1240. The second-order valence-corrected chi connectivity index (χ2v) is 10.7. The third-order valence-corrected chi connectivity index (χ3v) is 8.72. The normalized spacial score (nSPS) is 15.8. The van der Waals surface area contributed by atoms with Gasteiger partial charge in [0.05, 0.1) is 10.6 Å². The molecule has 2 aromatic carbocycles. The first-order valence-corrected chi connectivity index (χ1v) is 13.0. The highest BCUT2D eigenvalue weighted by molar-refractivity contribution is 7.92. The van der Waals surface area contributed by atoms with E-state index < -0.39 is 15.9 Å². The average molecular weight is 471 g/mol. The van der Waals surface area contributed by atoms with Crippen LogP contribution in [0.15, 0.2) is 53.4 Å². The monoisotopic (exact) mass is 470 g/mol. The molecule has 0 fully saturated rings. The lowest BCUT2D eigenvalue weighted by Gasteiger charge is -2.24. The number of nitrogens with zero attached hydrogens (tertiary/aromatic N) is 3. The van der Waals surface area contributed by atoms with Gasteiger partial charge in [-0.1, -0.05) is 49.4 Å². The van der Waals surface area contributed by atoms with Crippen LogP contribution >= 0.6 is 11.3 Å². The van der Waals surface area contributed by atoms with Gasteiger partial charge in [-0.15, -0.1) is 10.2 Å². The van der Waals surface area contributed by atoms with Crippen LogP contribution in [0.2, 0.25) is 0 Å². The van der Waals surface area contributed by atoms with Crippen LogP contribution in [0.5, 0.6) is 0 Å². The second kappa shape index (κ2) is 8.99. The molecule has 168 valence electrons. The Morgan fingerprint density at radius 2 is 1.91 bits per heavy atom. The van der Waals surface area contributed by atoms with Crippen LogP contribution in [0.25, 0.3) is 0 Å². The van der Waals surface area contributed by atoms with Crippen molar-refractivity contribution in [2.24, 2.45) is 0 Å². The molecule has 0 aliphatic carbocycles. The highest BCUT2D eigenvalue weighted by atomic mass is 32.2. The van der Waals surface area contributed by atoms with Crippen molar-refractivity contribution in [1.82, 2.24) is 10.2 Å². The van der Waals surface area contributed by atoms with Crippen LogP contribution in [0, 0.1) is 0 Å². The Morgan fingerprint density at radius 3 is 2.66 bits per heavy atom. The molecule has 9 heteroatoms. The van der Waals surface area contributed by atoms with Gasteiger partial charge < -0.3 is 0 Å². The fourth-order valence-corrected chi connectivity index (χ4v) is 6.82. The number of aromatic nitrogens is 2. The smallest absolute Gasteiger partial charge is 0.264 e. The maximum Gasteiger partial charge on any atom is 0.264 e. The molecule has 1 amide bonds. The minimum atomic E-state index is -3.82. The number of rotatable bonds is 7. The summed E-state index contributed by atoms with van der Waals surface area (Å²) >= 11 is 1.36.